The first-order valence-electron chi connectivity index (χ1n) is 12.3. The van der Waals surface area contributed by atoms with Gasteiger partial charge in [0.25, 0.3) is 11.8 Å². The lowest BCUT2D eigenvalue weighted by Crippen LogP contribution is -2.44. The highest BCUT2D eigenvalue weighted by molar-refractivity contribution is 6.11. The van der Waals surface area contributed by atoms with Gasteiger partial charge in [-0.1, -0.05) is 86.1 Å². The minimum Gasteiger partial charge on any atom is -0.345 e. The third-order valence-corrected chi connectivity index (χ3v) is 6.46. The van der Waals surface area contributed by atoms with Crippen molar-refractivity contribution in [1.29, 1.82) is 0 Å². The Bertz CT molecular complexity index is 1300. The number of nitrogens with one attached hydrogen (secondary N) is 3. The van der Waals surface area contributed by atoms with Gasteiger partial charge in [-0.3, -0.25) is 19.3 Å². The van der Waals surface area contributed by atoms with Gasteiger partial charge in [0.05, 0.1) is 17.3 Å². The molecule has 0 unspecified atom stereocenters. The summed E-state index contributed by atoms with van der Waals surface area (Å²) < 4.78 is 0. The van der Waals surface area contributed by atoms with E-state index in [1.54, 1.807) is 36.4 Å². The summed E-state index contributed by atoms with van der Waals surface area (Å²) in [5.41, 5.74) is 0.983. The molecule has 0 bridgehead atoms. The first-order chi connectivity index (χ1) is 17.9. The molecule has 0 radical (unpaired) electrons. The predicted octanol–water partition coefficient (Wildman–Crippen LogP) is 4.36. The zero-order valence-corrected chi connectivity index (χ0v) is 20.9. The zero-order chi connectivity index (χ0) is 26.4. The number of carbonyl (C=O) groups is 4. The van der Waals surface area contributed by atoms with Crippen molar-refractivity contribution in [3.8, 4) is 0 Å². The second kappa shape index (κ2) is 11.1. The molecule has 1 heterocycles. The number of para-hydroxylation sites is 1. The predicted molar refractivity (Wildman–Crippen MR) is 141 cm³/mol. The Hall–Kier alpha value is -4.46. The maximum absolute atomic E-state index is 13.4. The number of imide groups is 1. The van der Waals surface area contributed by atoms with E-state index in [1.807, 2.05) is 62.4 Å². The molecule has 8 heteroatoms. The molecule has 3 aromatic carbocycles. The van der Waals surface area contributed by atoms with Crippen LogP contribution in [0.15, 0.2) is 84.9 Å². The Morgan fingerprint density at radius 2 is 1.54 bits per heavy atom. The van der Waals surface area contributed by atoms with Crippen LogP contribution in [-0.2, 0) is 15.1 Å². The van der Waals surface area contributed by atoms with Gasteiger partial charge < -0.3 is 16.0 Å². The molecule has 0 spiro atoms. The van der Waals surface area contributed by atoms with Crippen LogP contribution in [0.5, 0.6) is 0 Å². The highest BCUT2D eigenvalue weighted by atomic mass is 16.2. The molecule has 1 saturated heterocycles. The van der Waals surface area contributed by atoms with Gasteiger partial charge in [0.2, 0.25) is 5.91 Å². The molecule has 1 aliphatic rings. The van der Waals surface area contributed by atoms with E-state index in [2.05, 4.69) is 16.0 Å². The van der Waals surface area contributed by atoms with E-state index in [0.29, 0.717) is 24.1 Å². The summed E-state index contributed by atoms with van der Waals surface area (Å²) in [4.78, 5) is 53.2. The maximum atomic E-state index is 13.4. The van der Waals surface area contributed by atoms with Gasteiger partial charge in [-0.05, 0) is 36.6 Å². The number of hydrogen-bond donors (Lipinski definition) is 3. The monoisotopic (exact) mass is 498 g/mol. The van der Waals surface area contributed by atoms with Crippen molar-refractivity contribution in [3.05, 3.63) is 102 Å². The molecule has 5 amide bonds. The fourth-order valence-corrected chi connectivity index (χ4v) is 4.60. The van der Waals surface area contributed by atoms with E-state index < -0.39 is 29.9 Å². The molecule has 190 valence electrons. The standard InChI is InChI=1S/C29H30N4O4/c1-3-18-29(22-14-8-5-9-15-22)27(36)33(28(37)32-29)19-25(34)31-24-17-11-10-16-23(24)26(35)30-20(2)21-12-6-4-7-13-21/h4-17,20H,3,18-19H2,1-2H3,(H,30,35)(H,31,34)(H,32,37)/t20-,29+/m1/s1. The van der Waals surface area contributed by atoms with Crippen LogP contribution in [0.25, 0.3) is 0 Å². The second-order valence-corrected chi connectivity index (χ2v) is 9.04. The number of hydrogen-bond acceptors (Lipinski definition) is 4. The average Bonchev–Trinajstić information content (AvgIpc) is 3.15. The fraction of sp³-hybridized carbons (Fsp3) is 0.241. The van der Waals surface area contributed by atoms with Crippen molar-refractivity contribution >= 4 is 29.4 Å². The summed E-state index contributed by atoms with van der Waals surface area (Å²) in [6.07, 6.45) is 1.06. The van der Waals surface area contributed by atoms with Crippen LogP contribution in [0.2, 0.25) is 0 Å². The summed E-state index contributed by atoms with van der Waals surface area (Å²) >= 11 is 0. The number of anilines is 1. The number of nitrogens with zero attached hydrogens (tertiary/aromatic N) is 1. The van der Waals surface area contributed by atoms with Gasteiger partial charge in [0.1, 0.15) is 12.1 Å². The fourth-order valence-electron chi connectivity index (χ4n) is 4.60. The number of benzene rings is 3. The van der Waals surface area contributed by atoms with Gasteiger partial charge in [-0.25, -0.2) is 4.79 Å². The lowest BCUT2D eigenvalue weighted by atomic mass is 9.85. The van der Waals surface area contributed by atoms with Crippen molar-refractivity contribution in [2.24, 2.45) is 0 Å². The van der Waals surface area contributed by atoms with E-state index in [9.17, 15) is 19.2 Å². The van der Waals surface area contributed by atoms with E-state index in [1.165, 1.54) is 0 Å². The van der Waals surface area contributed by atoms with Crippen molar-refractivity contribution in [3.63, 3.8) is 0 Å². The van der Waals surface area contributed by atoms with Crippen LogP contribution in [0.4, 0.5) is 10.5 Å². The van der Waals surface area contributed by atoms with Crippen LogP contribution in [0.1, 0.15) is 54.2 Å². The van der Waals surface area contributed by atoms with E-state index in [0.717, 1.165) is 10.5 Å². The quantitative estimate of drug-likeness (QED) is 0.381. The number of rotatable bonds is 9. The largest absolute Gasteiger partial charge is 0.345 e. The number of amides is 5. The summed E-state index contributed by atoms with van der Waals surface area (Å²) in [5, 5.41) is 8.45. The highest BCUT2D eigenvalue weighted by Crippen LogP contribution is 2.33. The Morgan fingerprint density at radius 3 is 2.22 bits per heavy atom. The van der Waals surface area contributed by atoms with Crippen molar-refractivity contribution in [2.45, 2.75) is 38.3 Å². The van der Waals surface area contributed by atoms with Gasteiger partial charge in [-0.15, -0.1) is 0 Å². The lowest BCUT2D eigenvalue weighted by molar-refractivity contribution is -0.134. The average molecular weight is 499 g/mol. The van der Waals surface area contributed by atoms with E-state index in [4.69, 9.17) is 0 Å². The molecular formula is C29H30N4O4. The zero-order valence-electron chi connectivity index (χ0n) is 20.9. The highest BCUT2D eigenvalue weighted by Gasteiger charge is 2.52. The third kappa shape index (κ3) is 5.38. The Labute approximate surface area is 216 Å². The van der Waals surface area contributed by atoms with E-state index in [-0.39, 0.29) is 17.5 Å². The smallest absolute Gasteiger partial charge is 0.325 e. The van der Waals surface area contributed by atoms with Gasteiger partial charge in [0.15, 0.2) is 0 Å². The van der Waals surface area contributed by atoms with Crippen LogP contribution in [0.3, 0.4) is 0 Å². The van der Waals surface area contributed by atoms with Gasteiger partial charge in [-0.2, -0.15) is 0 Å². The summed E-state index contributed by atoms with van der Waals surface area (Å²) in [6, 6.07) is 24.3. The van der Waals surface area contributed by atoms with Crippen LogP contribution in [0, 0.1) is 0 Å². The molecule has 37 heavy (non-hydrogen) atoms. The molecule has 8 nitrogen and oxygen atoms in total. The topological polar surface area (TPSA) is 108 Å². The van der Waals surface area contributed by atoms with Crippen LogP contribution < -0.4 is 16.0 Å². The minimum absolute atomic E-state index is 0.243. The number of urea groups is 1. The minimum atomic E-state index is -1.21. The molecule has 1 fully saturated rings. The van der Waals surface area contributed by atoms with Crippen LogP contribution in [-0.4, -0.2) is 35.2 Å². The number of carbonyl (C=O) groups excluding carboxylic acids is 4. The van der Waals surface area contributed by atoms with Crippen molar-refractivity contribution in [1.82, 2.24) is 15.5 Å². The second-order valence-electron chi connectivity index (χ2n) is 9.04. The molecule has 3 N–H and O–H groups in total. The van der Waals surface area contributed by atoms with E-state index >= 15 is 0 Å². The summed E-state index contributed by atoms with van der Waals surface area (Å²) in [5.74, 6) is -1.41. The molecule has 2 atom stereocenters. The molecule has 1 aliphatic heterocycles. The Kier molecular flexibility index (Phi) is 7.67. The van der Waals surface area contributed by atoms with Crippen LogP contribution >= 0.6 is 0 Å². The summed E-state index contributed by atoms with van der Waals surface area (Å²) in [6.45, 7) is 3.33. The van der Waals surface area contributed by atoms with Crippen molar-refractivity contribution in [2.75, 3.05) is 11.9 Å². The third-order valence-electron chi connectivity index (χ3n) is 6.46. The molecular weight excluding hydrogens is 468 g/mol. The first kappa shape index (κ1) is 25.6. The first-order valence-corrected chi connectivity index (χ1v) is 12.3. The molecule has 0 aliphatic carbocycles. The van der Waals surface area contributed by atoms with Gasteiger partial charge in [0, 0.05) is 0 Å². The molecule has 3 aromatic rings. The van der Waals surface area contributed by atoms with Crippen molar-refractivity contribution < 1.29 is 19.2 Å². The normalized spacial score (nSPS) is 17.7. The lowest BCUT2D eigenvalue weighted by Gasteiger charge is -2.26. The van der Waals surface area contributed by atoms with Gasteiger partial charge >= 0.3 is 6.03 Å². The molecule has 0 saturated carbocycles. The Morgan fingerprint density at radius 1 is 0.919 bits per heavy atom. The summed E-state index contributed by atoms with van der Waals surface area (Å²) in [7, 11) is 0. The Balaban J connectivity index is 1.48. The molecule has 4 rings (SSSR count). The SMILES string of the molecule is CCC[C@@]1(c2ccccc2)NC(=O)N(CC(=O)Nc2ccccc2C(=O)N[C@H](C)c2ccccc2)C1=O. The molecule has 0 aromatic heterocycles. The maximum Gasteiger partial charge on any atom is 0.325 e.